The quantitative estimate of drug-likeness (QED) is 0.160. The molecule has 56 heavy (non-hydrogen) atoms. The number of aromatic nitrogens is 2. The fourth-order valence-corrected chi connectivity index (χ4v) is 9.00. The Balaban J connectivity index is 0.963. The van der Waals surface area contributed by atoms with Gasteiger partial charge >= 0.3 is 0 Å². The minimum atomic E-state index is -0.0518. The van der Waals surface area contributed by atoms with Gasteiger partial charge in [-0.25, -0.2) is 0 Å². The first-order valence-electron chi connectivity index (χ1n) is 19.7. The van der Waals surface area contributed by atoms with Crippen LogP contribution in [-0.4, -0.2) is 9.13 Å². The number of hydrogen-bond donors (Lipinski definition) is 3. The smallest absolute Gasteiger partial charge is 0.0864 e. The van der Waals surface area contributed by atoms with Crippen LogP contribution in [0.5, 0.6) is 0 Å². The van der Waals surface area contributed by atoms with Crippen LogP contribution >= 0.6 is 0 Å². The van der Waals surface area contributed by atoms with Crippen molar-refractivity contribution in [1.29, 1.82) is 0 Å². The van der Waals surface area contributed by atoms with Gasteiger partial charge in [0.05, 0.1) is 40.6 Å². The van der Waals surface area contributed by atoms with Gasteiger partial charge in [0, 0.05) is 32.9 Å². The largest absolute Gasteiger partial charge is 0.313 e. The molecule has 2 unspecified atom stereocenters. The Labute approximate surface area is 326 Å². The van der Waals surface area contributed by atoms with Gasteiger partial charge < -0.3 is 9.13 Å². The summed E-state index contributed by atoms with van der Waals surface area (Å²) in [6.07, 6.45) is 8.77. The van der Waals surface area contributed by atoms with E-state index in [2.05, 4.69) is 213 Å². The Hall–Kier alpha value is -6.50. The first-order valence-corrected chi connectivity index (χ1v) is 19.7. The predicted molar refractivity (Wildman–Crippen MR) is 232 cm³/mol. The van der Waals surface area contributed by atoms with E-state index < -0.39 is 0 Å². The second kappa shape index (κ2) is 13.7. The molecule has 3 N–H and O–H groups in total. The lowest BCUT2D eigenvalue weighted by atomic mass is 10.0. The van der Waals surface area contributed by atoms with E-state index in [4.69, 9.17) is 0 Å². The molecular formula is C51H41N5. The van der Waals surface area contributed by atoms with Crippen LogP contribution < -0.4 is 16.0 Å². The number of hydrogen-bond acceptors (Lipinski definition) is 3. The molecule has 5 heteroatoms. The summed E-state index contributed by atoms with van der Waals surface area (Å²) in [5.41, 5.74) is 13.5. The maximum Gasteiger partial charge on any atom is 0.0864 e. The molecule has 7 aromatic carbocycles. The molecule has 270 valence electrons. The lowest BCUT2D eigenvalue weighted by molar-refractivity contribution is 0.203. The van der Waals surface area contributed by atoms with Gasteiger partial charge in [0.25, 0.3) is 0 Å². The van der Waals surface area contributed by atoms with Gasteiger partial charge in [0.1, 0.15) is 0 Å². The van der Waals surface area contributed by atoms with E-state index in [9.17, 15) is 0 Å². The molecule has 2 atom stereocenters. The second-order valence-corrected chi connectivity index (χ2v) is 15.0. The molecule has 2 aromatic heterocycles. The van der Waals surface area contributed by atoms with E-state index >= 15 is 0 Å². The SMILES string of the molecule is C1=CCCC(n2c3ccccc3c3cc(-c4ccc5c(c4)c4ccccc4n5-c4ccc(C5NC(c6ccccc6)NC(c6ccccc6)N5)cc4)ccc32)=C1. The van der Waals surface area contributed by atoms with Crippen molar-refractivity contribution in [3.63, 3.8) is 0 Å². The van der Waals surface area contributed by atoms with Crippen molar-refractivity contribution < 1.29 is 0 Å². The molecule has 0 radical (unpaired) electrons. The first kappa shape index (κ1) is 32.9. The van der Waals surface area contributed by atoms with E-state index in [-0.39, 0.29) is 18.5 Å². The Morgan fingerprint density at radius 3 is 1.41 bits per heavy atom. The van der Waals surface area contributed by atoms with Crippen LogP contribution in [0.25, 0.3) is 66.1 Å². The highest BCUT2D eigenvalue weighted by Crippen LogP contribution is 2.39. The van der Waals surface area contributed by atoms with Gasteiger partial charge in [-0.15, -0.1) is 0 Å². The molecule has 5 nitrogen and oxygen atoms in total. The molecule has 1 saturated heterocycles. The summed E-state index contributed by atoms with van der Waals surface area (Å²) >= 11 is 0. The molecule has 0 bridgehead atoms. The molecule has 1 aliphatic carbocycles. The summed E-state index contributed by atoms with van der Waals surface area (Å²) in [5.74, 6) is 0. The molecule has 11 rings (SSSR count). The Bertz CT molecular complexity index is 2900. The highest BCUT2D eigenvalue weighted by molar-refractivity contribution is 6.13. The average Bonchev–Trinajstić information content (AvgIpc) is 3.79. The van der Waals surface area contributed by atoms with Gasteiger partial charge in [0.2, 0.25) is 0 Å². The second-order valence-electron chi connectivity index (χ2n) is 15.0. The van der Waals surface area contributed by atoms with Gasteiger partial charge in [-0.05, 0) is 95.3 Å². The summed E-state index contributed by atoms with van der Waals surface area (Å²) in [7, 11) is 0. The molecule has 0 spiro atoms. The molecule has 0 saturated carbocycles. The monoisotopic (exact) mass is 723 g/mol. The zero-order valence-corrected chi connectivity index (χ0v) is 30.9. The third kappa shape index (κ3) is 5.59. The van der Waals surface area contributed by atoms with Crippen LogP contribution in [0.4, 0.5) is 0 Å². The van der Waals surface area contributed by atoms with Crippen molar-refractivity contribution in [3.05, 3.63) is 205 Å². The van der Waals surface area contributed by atoms with E-state index in [1.807, 2.05) is 0 Å². The minimum Gasteiger partial charge on any atom is -0.313 e. The number of para-hydroxylation sites is 2. The first-order chi connectivity index (χ1) is 27.8. The number of rotatable bonds is 6. The third-order valence-electron chi connectivity index (χ3n) is 11.7. The van der Waals surface area contributed by atoms with Gasteiger partial charge in [-0.3, -0.25) is 16.0 Å². The number of nitrogens with zero attached hydrogens (tertiary/aromatic N) is 2. The number of benzene rings is 7. The highest BCUT2D eigenvalue weighted by Gasteiger charge is 2.29. The van der Waals surface area contributed by atoms with Crippen LogP contribution in [0.1, 0.15) is 48.0 Å². The van der Waals surface area contributed by atoms with Gasteiger partial charge in [0.15, 0.2) is 0 Å². The zero-order chi connectivity index (χ0) is 37.0. The van der Waals surface area contributed by atoms with E-state index in [0.29, 0.717) is 0 Å². The Kier molecular flexibility index (Phi) is 8.02. The standard InChI is InChI=1S/C51H41N5/c1-4-14-34(15-5-1)49-52-50(35-16-6-2-7-17-35)54-51(53-49)36-24-28-40(29-25-36)56-46-23-13-11-21-42(46)44-33-38(27-31-48(44)56)37-26-30-47-43(32-37)41-20-10-12-22-45(41)55(47)39-18-8-3-9-19-39/h1-8,10-18,20-33,49-54H,9,19H2. The van der Waals surface area contributed by atoms with Crippen LogP contribution in [0.2, 0.25) is 0 Å². The molecule has 2 aliphatic rings. The van der Waals surface area contributed by atoms with Gasteiger partial charge in [-0.1, -0.05) is 133 Å². The number of nitrogens with one attached hydrogen (secondary N) is 3. The van der Waals surface area contributed by atoms with Crippen molar-refractivity contribution in [1.82, 2.24) is 25.1 Å². The van der Waals surface area contributed by atoms with Crippen LogP contribution in [0.15, 0.2) is 188 Å². The fraction of sp³-hybridized carbons (Fsp3) is 0.0980. The minimum absolute atomic E-state index is 0.00933. The summed E-state index contributed by atoms with van der Waals surface area (Å²) in [6, 6.07) is 61.9. The average molecular weight is 724 g/mol. The summed E-state index contributed by atoms with van der Waals surface area (Å²) < 4.78 is 4.87. The van der Waals surface area contributed by atoms with Crippen molar-refractivity contribution in [2.75, 3.05) is 0 Å². The van der Waals surface area contributed by atoms with Crippen LogP contribution in [0.3, 0.4) is 0 Å². The van der Waals surface area contributed by atoms with Crippen LogP contribution in [-0.2, 0) is 0 Å². The molecule has 1 aliphatic heterocycles. The highest BCUT2D eigenvalue weighted by atomic mass is 15.4. The number of allylic oxidation sites excluding steroid dienone is 4. The van der Waals surface area contributed by atoms with E-state index in [0.717, 1.165) is 18.5 Å². The topological polar surface area (TPSA) is 46.0 Å². The van der Waals surface area contributed by atoms with Crippen molar-refractivity contribution in [2.24, 2.45) is 0 Å². The summed E-state index contributed by atoms with van der Waals surface area (Å²) in [6.45, 7) is 0. The third-order valence-corrected chi connectivity index (χ3v) is 11.7. The summed E-state index contributed by atoms with van der Waals surface area (Å²) in [4.78, 5) is 0. The molecule has 0 amide bonds. The van der Waals surface area contributed by atoms with Crippen LogP contribution in [0, 0.1) is 0 Å². The fourth-order valence-electron chi connectivity index (χ4n) is 9.00. The normalized spacial score (nSPS) is 18.6. The van der Waals surface area contributed by atoms with E-state index in [1.54, 1.807) is 0 Å². The molecule has 1 fully saturated rings. The van der Waals surface area contributed by atoms with Crippen molar-refractivity contribution in [3.8, 4) is 16.8 Å². The van der Waals surface area contributed by atoms with Gasteiger partial charge in [-0.2, -0.15) is 0 Å². The van der Waals surface area contributed by atoms with Crippen molar-refractivity contribution in [2.45, 2.75) is 31.3 Å². The molecule has 3 heterocycles. The Morgan fingerprint density at radius 1 is 0.411 bits per heavy atom. The predicted octanol–water partition coefficient (Wildman–Crippen LogP) is 11.9. The lowest BCUT2D eigenvalue weighted by Crippen LogP contribution is -2.54. The maximum atomic E-state index is 3.82. The lowest BCUT2D eigenvalue weighted by Gasteiger charge is -2.39. The maximum absolute atomic E-state index is 3.82. The Morgan fingerprint density at radius 2 is 0.875 bits per heavy atom. The zero-order valence-electron chi connectivity index (χ0n) is 30.9. The van der Waals surface area contributed by atoms with E-state index in [1.165, 1.54) is 77.1 Å². The number of fused-ring (bicyclic) bond motifs is 6. The molecule has 9 aromatic rings. The summed E-state index contributed by atoms with van der Waals surface area (Å²) in [5, 5.41) is 16.5. The van der Waals surface area contributed by atoms with Crippen molar-refractivity contribution >= 4 is 49.3 Å². The molecular weight excluding hydrogens is 683 g/mol.